The molecule has 0 bridgehead atoms. The van der Waals surface area contributed by atoms with Gasteiger partial charge in [0, 0.05) is 12.5 Å². The van der Waals surface area contributed by atoms with Gasteiger partial charge in [0.2, 0.25) is 0 Å². The highest BCUT2D eigenvalue weighted by molar-refractivity contribution is 5.02. The Labute approximate surface area is 90.1 Å². The minimum absolute atomic E-state index is 0.680. The monoisotopic (exact) mass is 206 g/mol. The van der Waals surface area contributed by atoms with E-state index in [0.717, 1.165) is 31.4 Å². The topological polar surface area (TPSA) is 42.7 Å². The van der Waals surface area contributed by atoms with Crippen molar-refractivity contribution in [3.05, 3.63) is 12.2 Å². The third kappa shape index (κ3) is 2.20. The predicted molar refractivity (Wildman–Crippen MR) is 57.6 cm³/mol. The Balaban J connectivity index is 1.60. The number of aromatic nitrogens is 3. The van der Waals surface area contributed by atoms with Gasteiger partial charge in [0.25, 0.3) is 0 Å². The average Bonchev–Trinajstić information content (AvgIpc) is 3.02. The maximum absolute atomic E-state index is 4.55. The molecule has 1 saturated heterocycles. The zero-order valence-corrected chi connectivity index (χ0v) is 9.02. The van der Waals surface area contributed by atoms with E-state index in [1.165, 1.54) is 25.7 Å². The van der Waals surface area contributed by atoms with Crippen molar-refractivity contribution in [2.45, 2.75) is 38.1 Å². The van der Waals surface area contributed by atoms with Gasteiger partial charge in [-0.3, -0.25) is 4.68 Å². The van der Waals surface area contributed by atoms with E-state index in [-0.39, 0.29) is 0 Å². The van der Waals surface area contributed by atoms with Gasteiger partial charge in [-0.25, -0.2) is 4.98 Å². The van der Waals surface area contributed by atoms with Gasteiger partial charge in [-0.05, 0) is 44.7 Å². The smallest absolute Gasteiger partial charge is 0.153 e. The molecule has 0 aromatic carbocycles. The molecule has 15 heavy (non-hydrogen) atoms. The van der Waals surface area contributed by atoms with Crippen molar-refractivity contribution in [2.24, 2.45) is 5.92 Å². The molecule has 0 amide bonds. The van der Waals surface area contributed by atoms with Gasteiger partial charge in [0.1, 0.15) is 6.33 Å². The number of piperidine rings is 1. The molecule has 4 heteroatoms. The first kappa shape index (κ1) is 9.33. The SMILES string of the molecule is c1nc(C2CC2)nn1CC1CCNCC1. The quantitative estimate of drug-likeness (QED) is 0.807. The lowest BCUT2D eigenvalue weighted by Crippen LogP contribution is -2.30. The molecular formula is C11H18N4. The molecule has 3 rings (SSSR count). The molecule has 0 atom stereocenters. The molecule has 1 aliphatic heterocycles. The third-order valence-electron chi connectivity index (χ3n) is 3.40. The number of nitrogens with zero attached hydrogens (tertiary/aromatic N) is 3. The summed E-state index contributed by atoms with van der Waals surface area (Å²) in [5.41, 5.74) is 0. The van der Waals surface area contributed by atoms with E-state index in [1.807, 2.05) is 11.0 Å². The normalized spacial score (nSPS) is 23.2. The molecule has 1 aromatic heterocycles. The van der Waals surface area contributed by atoms with Crippen LogP contribution in [0.2, 0.25) is 0 Å². The van der Waals surface area contributed by atoms with Crippen LogP contribution in [0, 0.1) is 5.92 Å². The molecule has 2 fully saturated rings. The molecule has 82 valence electrons. The van der Waals surface area contributed by atoms with Crippen molar-refractivity contribution in [1.29, 1.82) is 0 Å². The second-order valence-electron chi connectivity index (χ2n) is 4.79. The zero-order chi connectivity index (χ0) is 10.1. The van der Waals surface area contributed by atoms with Crippen molar-refractivity contribution in [3.63, 3.8) is 0 Å². The molecule has 1 aromatic rings. The maximum atomic E-state index is 4.55. The summed E-state index contributed by atoms with van der Waals surface area (Å²) in [5.74, 6) is 2.54. The second kappa shape index (κ2) is 3.93. The summed E-state index contributed by atoms with van der Waals surface area (Å²) in [6.07, 6.45) is 7.04. The van der Waals surface area contributed by atoms with E-state index in [0.29, 0.717) is 5.92 Å². The lowest BCUT2D eigenvalue weighted by molar-refractivity contribution is 0.320. The fourth-order valence-corrected chi connectivity index (χ4v) is 2.25. The van der Waals surface area contributed by atoms with Crippen LogP contribution in [0.25, 0.3) is 0 Å². The van der Waals surface area contributed by atoms with Crippen LogP contribution in [0.15, 0.2) is 6.33 Å². The number of nitrogens with one attached hydrogen (secondary N) is 1. The van der Waals surface area contributed by atoms with Crippen molar-refractivity contribution in [1.82, 2.24) is 20.1 Å². The van der Waals surface area contributed by atoms with E-state index in [4.69, 9.17) is 0 Å². The Hall–Kier alpha value is -0.900. The van der Waals surface area contributed by atoms with Crippen molar-refractivity contribution in [2.75, 3.05) is 13.1 Å². The van der Waals surface area contributed by atoms with Crippen LogP contribution in [0.3, 0.4) is 0 Å². The van der Waals surface area contributed by atoms with E-state index < -0.39 is 0 Å². The van der Waals surface area contributed by atoms with Gasteiger partial charge in [-0.15, -0.1) is 0 Å². The highest BCUT2D eigenvalue weighted by Gasteiger charge is 2.27. The first-order chi connectivity index (χ1) is 7.42. The summed E-state index contributed by atoms with van der Waals surface area (Å²) in [5, 5.41) is 7.94. The Morgan fingerprint density at radius 3 is 2.80 bits per heavy atom. The Morgan fingerprint density at radius 2 is 2.07 bits per heavy atom. The van der Waals surface area contributed by atoms with Crippen LogP contribution < -0.4 is 5.32 Å². The molecule has 1 N–H and O–H groups in total. The van der Waals surface area contributed by atoms with Gasteiger partial charge in [0.05, 0.1) is 0 Å². The molecule has 4 nitrogen and oxygen atoms in total. The first-order valence-corrected chi connectivity index (χ1v) is 6.02. The Morgan fingerprint density at radius 1 is 1.27 bits per heavy atom. The van der Waals surface area contributed by atoms with Crippen molar-refractivity contribution < 1.29 is 0 Å². The Kier molecular flexibility index (Phi) is 2.44. The fourth-order valence-electron chi connectivity index (χ4n) is 2.25. The second-order valence-corrected chi connectivity index (χ2v) is 4.79. The van der Waals surface area contributed by atoms with Crippen LogP contribution in [0.5, 0.6) is 0 Å². The number of hydrogen-bond acceptors (Lipinski definition) is 3. The van der Waals surface area contributed by atoms with E-state index in [1.54, 1.807) is 0 Å². The van der Waals surface area contributed by atoms with Gasteiger partial charge < -0.3 is 5.32 Å². The summed E-state index contributed by atoms with van der Waals surface area (Å²) in [6.45, 7) is 3.38. The summed E-state index contributed by atoms with van der Waals surface area (Å²) < 4.78 is 2.05. The summed E-state index contributed by atoms with van der Waals surface area (Å²) >= 11 is 0. The van der Waals surface area contributed by atoms with Gasteiger partial charge in [-0.1, -0.05) is 0 Å². The summed E-state index contributed by atoms with van der Waals surface area (Å²) in [7, 11) is 0. The fraction of sp³-hybridized carbons (Fsp3) is 0.818. The highest BCUT2D eigenvalue weighted by atomic mass is 15.3. The molecule has 2 aliphatic rings. The molecule has 0 spiro atoms. The van der Waals surface area contributed by atoms with Crippen molar-refractivity contribution in [3.8, 4) is 0 Å². The van der Waals surface area contributed by atoms with Crippen LogP contribution in [-0.4, -0.2) is 27.9 Å². The van der Waals surface area contributed by atoms with Gasteiger partial charge in [-0.2, -0.15) is 5.10 Å². The molecular weight excluding hydrogens is 188 g/mol. The van der Waals surface area contributed by atoms with Crippen LogP contribution in [0.4, 0.5) is 0 Å². The molecule has 0 radical (unpaired) electrons. The lowest BCUT2D eigenvalue weighted by atomic mass is 9.98. The van der Waals surface area contributed by atoms with E-state index >= 15 is 0 Å². The zero-order valence-electron chi connectivity index (χ0n) is 9.02. The molecule has 0 unspecified atom stereocenters. The standard InChI is InChI=1S/C11H18N4/c1-2-10(1)11-13-8-15(14-11)7-9-3-5-12-6-4-9/h8-10,12H,1-7H2. The van der Waals surface area contributed by atoms with Crippen LogP contribution >= 0.6 is 0 Å². The predicted octanol–water partition coefficient (Wildman–Crippen LogP) is 1.16. The minimum Gasteiger partial charge on any atom is -0.317 e. The van der Waals surface area contributed by atoms with E-state index in [9.17, 15) is 0 Å². The summed E-state index contributed by atoms with van der Waals surface area (Å²) in [4.78, 5) is 4.38. The van der Waals surface area contributed by atoms with Crippen LogP contribution in [-0.2, 0) is 6.54 Å². The van der Waals surface area contributed by atoms with Gasteiger partial charge >= 0.3 is 0 Å². The molecule has 1 aliphatic carbocycles. The minimum atomic E-state index is 0.680. The summed E-state index contributed by atoms with van der Waals surface area (Å²) in [6, 6.07) is 0. The highest BCUT2D eigenvalue weighted by Crippen LogP contribution is 2.37. The van der Waals surface area contributed by atoms with Crippen LogP contribution in [0.1, 0.15) is 37.4 Å². The lowest BCUT2D eigenvalue weighted by Gasteiger charge is -2.21. The Bertz CT molecular complexity index is 323. The maximum Gasteiger partial charge on any atom is 0.153 e. The van der Waals surface area contributed by atoms with Gasteiger partial charge in [0.15, 0.2) is 5.82 Å². The van der Waals surface area contributed by atoms with E-state index in [2.05, 4.69) is 15.4 Å². The molecule has 2 heterocycles. The number of rotatable bonds is 3. The van der Waals surface area contributed by atoms with Crippen molar-refractivity contribution >= 4 is 0 Å². The first-order valence-electron chi connectivity index (χ1n) is 6.02. The number of hydrogen-bond donors (Lipinski definition) is 1. The average molecular weight is 206 g/mol. The largest absolute Gasteiger partial charge is 0.317 e. The molecule has 1 saturated carbocycles. The third-order valence-corrected chi connectivity index (χ3v) is 3.40.